The third-order valence-corrected chi connectivity index (χ3v) is 5.22. The van der Waals surface area contributed by atoms with Crippen LogP contribution in [0.3, 0.4) is 0 Å². The Morgan fingerprint density at radius 3 is 2.55 bits per heavy atom. The molecule has 2 rings (SSSR count). The molecular weight excluding hydrogens is 276 g/mol. The fraction of sp³-hybridized carbons (Fsp3) is 0.571. The maximum absolute atomic E-state index is 12.2. The second-order valence-electron chi connectivity index (χ2n) is 5.26. The molecule has 0 amide bonds. The molecule has 0 saturated carbocycles. The van der Waals surface area contributed by atoms with Crippen LogP contribution in [0.4, 0.5) is 0 Å². The molecule has 112 valence electrons. The van der Waals surface area contributed by atoms with Gasteiger partial charge in [-0.15, -0.1) is 0 Å². The van der Waals surface area contributed by atoms with Crippen molar-refractivity contribution in [3.63, 3.8) is 0 Å². The minimum atomic E-state index is -3.39. The Morgan fingerprint density at radius 1 is 1.20 bits per heavy atom. The number of hydrogen-bond acceptors (Lipinski definition) is 3. The zero-order chi connectivity index (χ0) is 14.6. The van der Waals surface area contributed by atoms with Crippen molar-refractivity contribution < 1.29 is 18.1 Å². The van der Waals surface area contributed by atoms with Crippen LogP contribution in [0.25, 0.3) is 0 Å². The van der Waals surface area contributed by atoms with Gasteiger partial charge in [0.25, 0.3) is 0 Å². The molecule has 6 heteroatoms. The van der Waals surface area contributed by atoms with E-state index in [9.17, 15) is 8.42 Å². The lowest BCUT2D eigenvalue weighted by Crippen LogP contribution is -3.14. The third kappa shape index (κ3) is 4.02. The lowest BCUT2D eigenvalue weighted by atomic mass is 10.1. The van der Waals surface area contributed by atoms with Crippen LogP contribution in [0.15, 0.2) is 23.1 Å². The number of quaternary nitrogens is 1. The maximum Gasteiger partial charge on any atom is 0.240 e. The summed E-state index contributed by atoms with van der Waals surface area (Å²) >= 11 is 0. The summed E-state index contributed by atoms with van der Waals surface area (Å²) in [4.78, 5) is 1.73. The molecule has 2 N–H and O–H groups in total. The molecule has 5 nitrogen and oxygen atoms in total. The standard InChI is InChI=1S/C14H22N2O3S/c1-12-3-4-14(11-13(12)2)20(17,18)15-5-6-16-7-9-19-10-8-16/h3-4,11,15H,5-10H2,1-2H3/p+1. The summed E-state index contributed by atoms with van der Waals surface area (Å²) in [5, 5.41) is 0. The van der Waals surface area contributed by atoms with Gasteiger partial charge in [-0.05, 0) is 37.1 Å². The van der Waals surface area contributed by atoms with Gasteiger partial charge in [0.2, 0.25) is 10.0 Å². The van der Waals surface area contributed by atoms with E-state index < -0.39 is 10.0 Å². The van der Waals surface area contributed by atoms with Crippen LogP contribution in [-0.2, 0) is 14.8 Å². The number of ether oxygens (including phenoxy) is 1. The molecule has 0 aromatic heterocycles. The van der Waals surface area contributed by atoms with Gasteiger partial charge < -0.3 is 9.64 Å². The molecule has 0 unspecified atom stereocenters. The Balaban J connectivity index is 1.91. The first kappa shape index (κ1) is 15.4. The number of morpholine rings is 1. The van der Waals surface area contributed by atoms with Crippen molar-refractivity contribution in [2.45, 2.75) is 18.7 Å². The Bertz CT molecular complexity index is 552. The average molecular weight is 299 g/mol. The van der Waals surface area contributed by atoms with E-state index in [4.69, 9.17) is 4.74 Å². The third-order valence-electron chi connectivity index (χ3n) is 3.76. The van der Waals surface area contributed by atoms with Crippen molar-refractivity contribution in [1.82, 2.24) is 4.72 Å². The summed E-state index contributed by atoms with van der Waals surface area (Å²) < 4.78 is 32.3. The van der Waals surface area contributed by atoms with Gasteiger partial charge in [-0.25, -0.2) is 13.1 Å². The highest BCUT2D eigenvalue weighted by Gasteiger charge is 2.17. The van der Waals surface area contributed by atoms with Crippen LogP contribution in [0, 0.1) is 13.8 Å². The second-order valence-corrected chi connectivity index (χ2v) is 7.02. The van der Waals surface area contributed by atoms with Gasteiger partial charge in [-0.3, -0.25) is 0 Å². The second kappa shape index (κ2) is 6.67. The van der Waals surface area contributed by atoms with Crippen LogP contribution in [0.1, 0.15) is 11.1 Å². The predicted octanol–water partition coefficient (Wildman–Crippen LogP) is -0.503. The van der Waals surface area contributed by atoms with E-state index in [1.807, 2.05) is 19.9 Å². The predicted molar refractivity (Wildman–Crippen MR) is 77.5 cm³/mol. The number of aryl methyl sites for hydroxylation is 2. The largest absolute Gasteiger partial charge is 0.370 e. The van der Waals surface area contributed by atoms with Crippen molar-refractivity contribution in [3.8, 4) is 0 Å². The van der Waals surface area contributed by atoms with E-state index in [-0.39, 0.29) is 0 Å². The number of sulfonamides is 1. The number of hydrogen-bond donors (Lipinski definition) is 2. The maximum atomic E-state index is 12.2. The molecule has 20 heavy (non-hydrogen) atoms. The van der Waals surface area contributed by atoms with Crippen molar-refractivity contribution >= 4 is 10.0 Å². The van der Waals surface area contributed by atoms with E-state index in [1.54, 1.807) is 12.1 Å². The summed E-state index contributed by atoms with van der Waals surface area (Å²) in [5.74, 6) is 0. The highest BCUT2D eigenvalue weighted by atomic mass is 32.2. The van der Waals surface area contributed by atoms with Crippen molar-refractivity contribution in [2.75, 3.05) is 39.4 Å². The fourth-order valence-electron chi connectivity index (χ4n) is 2.24. The molecule has 1 aromatic rings. The SMILES string of the molecule is Cc1ccc(S(=O)(=O)NCC[NH+]2CCOCC2)cc1C. The molecule has 0 radical (unpaired) electrons. The quantitative estimate of drug-likeness (QED) is 0.770. The van der Waals surface area contributed by atoms with Crippen LogP contribution >= 0.6 is 0 Å². The van der Waals surface area contributed by atoms with Crippen molar-refractivity contribution in [3.05, 3.63) is 29.3 Å². The van der Waals surface area contributed by atoms with Gasteiger partial charge in [0, 0.05) is 0 Å². The van der Waals surface area contributed by atoms with Gasteiger partial charge in [-0.1, -0.05) is 6.07 Å². The average Bonchev–Trinajstić information content (AvgIpc) is 2.43. The van der Waals surface area contributed by atoms with Gasteiger partial charge >= 0.3 is 0 Å². The zero-order valence-electron chi connectivity index (χ0n) is 12.1. The minimum absolute atomic E-state index is 0.345. The molecule has 0 bridgehead atoms. The number of rotatable bonds is 5. The first-order valence-electron chi connectivity index (χ1n) is 6.97. The summed E-state index contributed by atoms with van der Waals surface area (Å²) in [6.45, 7) is 8.58. The van der Waals surface area contributed by atoms with Crippen LogP contribution in [-0.4, -0.2) is 47.8 Å². The van der Waals surface area contributed by atoms with Crippen molar-refractivity contribution in [2.24, 2.45) is 0 Å². The van der Waals surface area contributed by atoms with E-state index in [0.29, 0.717) is 11.4 Å². The summed E-state index contributed by atoms with van der Waals surface area (Å²) in [7, 11) is -3.39. The molecule has 0 atom stereocenters. The molecule has 1 saturated heterocycles. The number of nitrogens with one attached hydrogen (secondary N) is 2. The minimum Gasteiger partial charge on any atom is -0.370 e. The van der Waals surface area contributed by atoms with E-state index >= 15 is 0 Å². The Labute approximate surface area is 121 Å². The van der Waals surface area contributed by atoms with E-state index in [0.717, 1.165) is 44.0 Å². The van der Waals surface area contributed by atoms with Gasteiger partial charge in [0.1, 0.15) is 13.1 Å². The van der Waals surface area contributed by atoms with Crippen LogP contribution in [0.2, 0.25) is 0 Å². The summed E-state index contributed by atoms with van der Waals surface area (Å²) in [6.07, 6.45) is 0. The molecular formula is C14H23N2O3S+. The van der Waals surface area contributed by atoms with Gasteiger partial charge in [0.15, 0.2) is 0 Å². The van der Waals surface area contributed by atoms with Crippen molar-refractivity contribution in [1.29, 1.82) is 0 Å². The highest BCUT2D eigenvalue weighted by molar-refractivity contribution is 7.89. The van der Waals surface area contributed by atoms with E-state index in [2.05, 4.69) is 4.72 Å². The molecule has 0 spiro atoms. The fourth-order valence-corrected chi connectivity index (χ4v) is 3.35. The molecule has 0 aliphatic carbocycles. The Morgan fingerprint density at radius 2 is 1.90 bits per heavy atom. The smallest absolute Gasteiger partial charge is 0.240 e. The molecule has 1 fully saturated rings. The Kier molecular flexibility index (Phi) is 5.15. The molecule has 1 aliphatic heterocycles. The molecule has 1 aromatic carbocycles. The highest BCUT2D eigenvalue weighted by Crippen LogP contribution is 2.14. The molecule has 1 heterocycles. The van der Waals surface area contributed by atoms with Crippen LogP contribution in [0.5, 0.6) is 0 Å². The normalized spacial score (nSPS) is 17.3. The summed E-state index contributed by atoms with van der Waals surface area (Å²) in [6, 6.07) is 5.22. The summed E-state index contributed by atoms with van der Waals surface area (Å²) in [5.41, 5.74) is 2.09. The zero-order valence-corrected chi connectivity index (χ0v) is 12.9. The Hall–Kier alpha value is -0.950. The monoisotopic (exact) mass is 299 g/mol. The van der Waals surface area contributed by atoms with E-state index in [1.165, 1.54) is 4.90 Å². The van der Waals surface area contributed by atoms with Gasteiger partial charge in [-0.2, -0.15) is 0 Å². The van der Waals surface area contributed by atoms with Crippen LogP contribution < -0.4 is 9.62 Å². The molecule has 1 aliphatic rings. The topological polar surface area (TPSA) is 59.8 Å². The van der Waals surface area contributed by atoms with Gasteiger partial charge in [0.05, 0.1) is 31.2 Å². The first-order valence-corrected chi connectivity index (χ1v) is 8.45. The lowest BCUT2D eigenvalue weighted by Gasteiger charge is -2.23. The lowest BCUT2D eigenvalue weighted by molar-refractivity contribution is -0.906. The number of benzene rings is 1. The first-order chi connectivity index (χ1) is 9.49.